The number of ether oxygens (including phenoxy) is 1. The minimum absolute atomic E-state index is 0.401. The van der Waals surface area contributed by atoms with E-state index in [1.54, 1.807) is 0 Å². The summed E-state index contributed by atoms with van der Waals surface area (Å²) in [6.45, 7) is 6.40. The predicted molar refractivity (Wildman–Crippen MR) is 60.0 cm³/mol. The quantitative estimate of drug-likeness (QED) is 0.772. The summed E-state index contributed by atoms with van der Waals surface area (Å²) in [4.78, 5) is 6.50. The summed E-state index contributed by atoms with van der Waals surface area (Å²) in [5, 5.41) is 9.74. The Morgan fingerprint density at radius 3 is 3.25 bits per heavy atom. The number of aliphatic hydroxyl groups excluding tert-OH is 1. The van der Waals surface area contributed by atoms with Gasteiger partial charge < -0.3 is 14.4 Å². The molecule has 0 radical (unpaired) electrons. The number of β-amino-alcohol motifs (C(OH)–C–C–N with tert-alkyl or cyclic N) is 1. The van der Waals surface area contributed by atoms with Crippen molar-refractivity contribution in [3.8, 4) is 0 Å². The molecule has 1 atom stereocenters. The normalized spacial score (nSPS) is 18.4. The number of rotatable bonds is 5. The molecule has 0 saturated carbocycles. The molecule has 1 aliphatic rings. The minimum Gasteiger partial charge on any atom is -0.389 e. The van der Waals surface area contributed by atoms with E-state index < -0.39 is 6.10 Å². The fourth-order valence-corrected chi connectivity index (χ4v) is 1.98. The second kappa shape index (κ2) is 5.43. The van der Waals surface area contributed by atoms with Crippen molar-refractivity contribution in [2.75, 3.05) is 26.3 Å². The van der Waals surface area contributed by atoms with Crippen LogP contribution >= 0.6 is 0 Å². The summed E-state index contributed by atoms with van der Waals surface area (Å²) < 4.78 is 7.35. The Balaban J connectivity index is 1.80. The smallest absolute Gasteiger partial charge is 0.122 e. The topological polar surface area (TPSA) is 50.5 Å². The van der Waals surface area contributed by atoms with Gasteiger partial charge in [-0.3, -0.25) is 4.90 Å². The lowest BCUT2D eigenvalue weighted by Gasteiger charge is -2.29. The van der Waals surface area contributed by atoms with Gasteiger partial charge in [0.1, 0.15) is 5.82 Å². The highest BCUT2D eigenvalue weighted by Crippen LogP contribution is 2.10. The van der Waals surface area contributed by atoms with Crippen LogP contribution in [-0.4, -0.2) is 52.0 Å². The average Bonchev–Trinajstić information content (AvgIpc) is 2.73. The Kier molecular flexibility index (Phi) is 3.93. The molecule has 0 fully saturated rings. The summed E-state index contributed by atoms with van der Waals surface area (Å²) in [5.74, 6) is 1.08. The molecule has 0 amide bonds. The van der Waals surface area contributed by atoms with Gasteiger partial charge in [-0.25, -0.2) is 4.98 Å². The highest BCUT2D eigenvalue weighted by molar-refractivity contribution is 4.95. The van der Waals surface area contributed by atoms with Gasteiger partial charge in [0, 0.05) is 38.6 Å². The number of aliphatic hydroxyl groups is 1. The summed E-state index contributed by atoms with van der Waals surface area (Å²) in [7, 11) is 0. The van der Waals surface area contributed by atoms with Gasteiger partial charge in [-0.05, 0) is 6.92 Å². The molecule has 1 unspecified atom stereocenters. The van der Waals surface area contributed by atoms with E-state index >= 15 is 0 Å². The van der Waals surface area contributed by atoms with Crippen molar-refractivity contribution in [1.29, 1.82) is 0 Å². The zero-order valence-corrected chi connectivity index (χ0v) is 9.67. The summed E-state index contributed by atoms with van der Waals surface area (Å²) in [6.07, 6.45) is 3.43. The van der Waals surface area contributed by atoms with Gasteiger partial charge in [-0.2, -0.15) is 0 Å². The van der Waals surface area contributed by atoms with Crippen LogP contribution in [-0.2, 0) is 17.8 Å². The third-order valence-electron chi connectivity index (χ3n) is 2.81. The molecule has 0 spiro atoms. The molecule has 1 N–H and O–H groups in total. The maximum absolute atomic E-state index is 9.74. The van der Waals surface area contributed by atoms with Crippen molar-refractivity contribution in [1.82, 2.24) is 14.5 Å². The Bertz CT molecular complexity index is 327. The van der Waals surface area contributed by atoms with Crippen molar-refractivity contribution >= 4 is 0 Å². The lowest BCUT2D eigenvalue weighted by atomic mass is 10.3. The first kappa shape index (κ1) is 11.6. The van der Waals surface area contributed by atoms with E-state index in [1.165, 1.54) is 0 Å². The Morgan fingerprint density at radius 2 is 2.44 bits per heavy atom. The van der Waals surface area contributed by atoms with Gasteiger partial charge in [0.05, 0.1) is 19.3 Å². The molecule has 0 bridgehead atoms. The molecule has 2 heterocycles. The van der Waals surface area contributed by atoms with Gasteiger partial charge >= 0.3 is 0 Å². The van der Waals surface area contributed by atoms with Crippen LogP contribution in [0.2, 0.25) is 0 Å². The molecule has 5 heteroatoms. The summed E-state index contributed by atoms with van der Waals surface area (Å²) in [5.41, 5.74) is 0. The van der Waals surface area contributed by atoms with Gasteiger partial charge in [0.15, 0.2) is 0 Å². The molecule has 5 nitrogen and oxygen atoms in total. The molecule has 1 aromatic heterocycles. The van der Waals surface area contributed by atoms with Crippen molar-refractivity contribution in [3.63, 3.8) is 0 Å². The van der Waals surface area contributed by atoms with Crippen LogP contribution in [0.4, 0.5) is 0 Å². The fraction of sp³-hybridized carbons (Fsp3) is 0.727. The van der Waals surface area contributed by atoms with Crippen LogP contribution in [0.25, 0.3) is 0 Å². The van der Waals surface area contributed by atoms with E-state index in [0.29, 0.717) is 19.8 Å². The third kappa shape index (κ3) is 2.81. The van der Waals surface area contributed by atoms with Crippen molar-refractivity contribution < 1.29 is 9.84 Å². The standard InChI is InChI=1S/C11H19N3O2/c1-2-16-9-10(15)7-13-5-6-14-4-3-12-11(14)8-13/h3-4,10,15H,2,5-9H2,1H3. The molecular formula is C11H19N3O2. The zero-order chi connectivity index (χ0) is 11.4. The van der Waals surface area contributed by atoms with Crippen LogP contribution in [0.1, 0.15) is 12.7 Å². The van der Waals surface area contributed by atoms with Gasteiger partial charge in [-0.15, -0.1) is 0 Å². The highest BCUT2D eigenvalue weighted by Gasteiger charge is 2.18. The molecule has 90 valence electrons. The lowest BCUT2D eigenvalue weighted by Crippen LogP contribution is -2.40. The maximum atomic E-state index is 9.74. The number of nitrogens with zero attached hydrogens (tertiary/aromatic N) is 3. The number of hydrogen-bond donors (Lipinski definition) is 1. The Hall–Kier alpha value is -0.910. The highest BCUT2D eigenvalue weighted by atomic mass is 16.5. The zero-order valence-electron chi connectivity index (χ0n) is 9.67. The van der Waals surface area contributed by atoms with Gasteiger partial charge in [0.25, 0.3) is 0 Å². The first-order chi connectivity index (χ1) is 7.79. The molecule has 2 rings (SSSR count). The summed E-state index contributed by atoms with van der Waals surface area (Å²) >= 11 is 0. The van der Waals surface area contributed by atoms with Crippen molar-refractivity contribution in [2.24, 2.45) is 0 Å². The maximum Gasteiger partial charge on any atom is 0.122 e. The van der Waals surface area contributed by atoms with Gasteiger partial charge in [0.2, 0.25) is 0 Å². The van der Waals surface area contributed by atoms with Crippen LogP contribution in [0.3, 0.4) is 0 Å². The number of aromatic nitrogens is 2. The number of fused-ring (bicyclic) bond motifs is 1. The molecule has 1 aromatic rings. The van der Waals surface area contributed by atoms with E-state index in [2.05, 4.69) is 14.5 Å². The second-order valence-corrected chi connectivity index (χ2v) is 4.09. The van der Waals surface area contributed by atoms with Crippen LogP contribution in [0.15, 0.2) is 12.4 Å². The monoisotopic (exact) mass is 225 g/mol. The van der Waals surface area contributed by atoms with E-state index in [9.17, 15) is 5.11 Å². The summed E-state index contributed by atoms with van der Waals surface area (Å²) in [6, 6.07) is 0. The first-order valence-electron chi connectivity index (χ1n) is 5.77. The van der Waals surface area contributed by atoms with E-state index in [0.717, 1.165) is 25.5 Å². The first-order valence-corrected chi connectivity index (χ1v) is 5.77. The molecule has 0 saturated heterocycles. The largest absolute Gasteiger partial charge is 0.389 e. The number of imidazole rings is 1. The Morgan fingerprint density at radius 1 is 1.56 bits per heavy atom. The van der Waals surface area contributed by atoms with E-state index in [1.807, 2.05) is 19.3 Å². The van der Waals surface area contributed by atoms with Crippen molar-refractivity contribution in [2.45, 2.75) is 26.1 Å². The number of hydrogen-bond acceptors (Lipinski definition) is 4. The van der Waals surface area contributed by atoms with Gasteiger partial charge in [-0.1, -0.05) is 0 Å². The van der Waals surface area contributed by atoms with Crippen LogP contribution in [0.5, 0.6) is 0 Å². The molecule has 0 aromatic carbocycles. The molecular weight excluding hydrogens is 206 g/mol. The van der Waals surface area contributed by atoms with Crippen molar-refractivity contribution in [3.05, 3.63) is 18.2 Å². The SMILES string of the molecule is CCOCC(O)CN1CCn2ccnc2C1. The Labute approximate surface area is 95.7 Å². The fourth-order valence-electron chi connectivity index (χ4n) is 1.98. The van der Waals surface area contributed by atoms with Crippen LogP contribution < -0.4 is 0 Å². The third-order valence-corrected chi connectivity index (χ3v) is 2.81. The van der Waals surface area contributed by atoms with Crippen LogP contribution in [0, 0.1) is 0 Å². The lowest BCUT2D eigenvalue weighted by molar-refractivity contribution is 0.0159. The predicted octanol–water partition coefficient (Wildman–Crippen LogP) is 0.0961. The molecule has 0 aliphatic carbocycles. The second-order valence-electron chi connectivity index (χ2n) is 4.09. The minimum atomic E-state index is -0.401. The average molecular weight is 225 g/mol. The van der Waals surface area contributed by atoms with E-state index in [4.69, 9.17) is 4.74 Å². The van der Waals surface area contributed by atoms with E-state index in [-0.39, 0.29) is 0 Å². The molecule has 1 aliphatic heterocycles. The molecule has 16 heavy (non-hydrogen) atoms.